The van der Waals surface area contributed by atoms with Gasteiger partial charge < -0.3 is 10.2 Å². The Balaban J connectivity index is 2.29. The molecule has 4 nitrogen and oxygen atoms in total. The Morgan fingerprint density at radius 2 is 2.08 bits per heavy atom. The Labute approximate surface area is 71.9 Å². The number of carbonyl (C=O) groups excluding carboxylic acids is 2. The number of carbonyl (C=O) groups is 1. The van der Waals surface area contributed by atoms with Crippen molar-refractivity contribution in [1.82, 2.24) is 10.2 Å². The predicted molar refractivity (Wildman–Crippen MR) is 44.1 cm³/mol. The van der Waals surface area contributed by atoms with Crippen LogP contribution < -0.4 is 5.32 Å². The molecule has 1 radical (unpaired) electrons. The van der Waals surface area contributed by atoms with E-state index in [2.05, 4.69) is 5.32 Å². The van der Waals surface area contributed by atoms with E-state index >= 15 is 0 Å². The molecule has 1 aliphatic rings. The van der Waals surface area contributed by atoms with Crippen LogP contribution in [0.3, 0.4) is 0 Å². The lowest BCUT2D eigenvalue weighted by Crippen LogP contribution is -2.43. The third-order valence-electron chi connectivity index (χ3n) is 2.20. The van der Waals surface area contributed by atoms with Gasteiger partial charge in [0.1, 0.15) is 0 Å². The van der Waals surface area contributed by atoms with E-state index in [1.807, 2.05) is 0 Å². The van der Waals surface area contributed by atoms with Gasteiger partial charge in [-0.15, -0.1) is 0 Å². The predicted octanol–water partition coefficient (Wildman–Crippen LogP) is -0.346. The molecule has 1 N–H and O–H groups in total. The van der Waals surface area contributed by atoms with Crippen molar-refractivity contribution in [3.63, 3.8) is 0 Å². The molecular weight excluding hydrogens is 156 g/mol. The van der Waals surface area contributed by atoms with Crippen LogP contribution in [0.4, 0.5) is 0 Å². The molecule has 0 unspecified atom stereocenters. The Hall–Kier alpha value is -1.06. The summed E-state index contributed by atoms with van der Waals surface area (Å²) in [5.74, 6) is 0.114. The Morgan fingerprint density at radius 3 is 2.50 bits per heavy atom. The van der Waals surface area contributed by atoms with Crippen LogP contribution in [0.1, 0.15) is 19.8 Å². The molecule has 67 valence electrons. The van der Waals surface area contributed by atoms with Gasteiger partial charge in [-0.3, -0.25) is 9.59 Å². The van der Waals surface area contributed by atoms with Crippen molar-refractivity contribution in [3.05, 3.63) is 0 Å². The zero-order valence-electron chi connectivity index (χ0n) is 7.17. The molecule has 1 heterocycles. The summed E-state index contributed by atoms with van der Waals surface area (Å²) in [6.45, 7) is 3.06. The molecule has 1 saturated heterocycles. The molecule has 0 bridgehead atoms. The topological polar surface area (TPSA) is 49.4 Å². The number of hydrogen-bond donors (Lipinski definition) is 1. The van der Waals surface area contributed by atoms with Crippen LogP contribution in [0.2, 0.25) is 0 Å². The monoisotopic (exact) mass is 169 g/mol. The minimum atomic E-state index is 0.114. The first-order chi connectivity index (χ1) is 5.74. The van der Waals surface area contributed by atoms with Gasteiger partial charge in [0.2, 0.25) is 5.91 Å². The SMILES string of the molecule is CC(=O)N1CCC(N[C]=O)CC1. The van der Waals surface area contributed by atoms with Gasteiger partial charge in [0.25, 0.3) is 0 Å². The van der Waals surface area contributed by atoms with Crippen LogP contribution in [0.25, 0.3) is 0 Å². The second-order valence-corrected chi connectivity index (χ2v) is 3.03. The van der Waals surface area contributed by atoms with E-state index in [1.165, 1.54) is 0 Å². The van der Waals surface area contributed by atoms with Crippen LogP contribution in [0, 0.1) is 0 Å². The van der Waals surface area contributed by atoms with E-state index in [9.17, 15) is 9.59 Å². The second-order valence-electron chi connectivity index (χ2n) is 3.03. The van der Waals surface area contributed by atoms with Gasteiger partial charge >= 0.3 is 6.41 Å². The summed E-state index contributed by atoms with van der Waals surface area (Å²) >= 11 is 0. The van der Waals surface area contributed by atoms with Crippen molar-refractivity contribution in [2.75, 3.05) is 13.1 Å². The number of rotatable bonds is 2. The minimum Gasteiger partial charge on any atom is -0.345 e. The third-order valence-corrected chi connectivity index (χ3v) is 2.20. The van der Waals surface area contributed by atoms with Crippen LogP contribution >= 0.6 is 0 Å². The van der Waals surface area contributed by atoms with Gasteiger partial charge in [0, 0.05) is 26.1 Å². The number of amides is 2. The molecule has 0 aromatic rings. The fourth-order valence-electron chi connectivity index (χ4n) is 1.42. The highest BCUT2D eigenvalue weighted by molar-refractivity contribution is 5.73. The maximum absolute atomic E-state index is 10.9. The van der Waals surface area contributed by atoms with E-state index in [0.717, 1.165) is 25.9 Å². The summed E-state index contributed by atoms with van der Waals surface area (Å²) in [6.07, 6.45) is 3.36. The lowest BCUT2D eigenvalue weighted by Gasteiger charge is -2.30. The van der Waals surface area contributed by atoms with Gasteiger partial charge in [-0.05, 0) is 12.8 Å². The summed E-state index contributed by atoms with van der Waals surface area (Å²) in [7, 11) is 0. The molecule has 12 heavy (non-hydrogen) atoms. The maximum Gasteiger partial charge on any atom is 0.309 e. The molecule has 0 spiro atoms. The summed E-state index contributed by atoms with van der Waals surface area (Å²) in [6, 6.07) is 0.207. The van der Waals surface area contributed by atoms with Crippen molar-refractivity contribution in [2.24, 2.45) is 0 Å². The van der Waals surface area contributed by atoms with Gasteiger partial charge in [0.15, 0.2) is 0 Å². The Kier molecular flexibility index (Phi) is 3.08. The quantitative estimate of drug-likeness (QED) is 0.575. The molecule has 0 aliphatic carbocycles. The molecule has 0 aromatic carbocycles. The first kappa shape index (κ1) is 9.03. The third kappa shape index (κ3) is 2.22. The summed E-state index contributed by atoms with van der Waals surface area (Å²) in [5.41, 5.74) is 0. The highest BCUT2D eigenvalue weighted by Gasteiger charge is 2.19. The molecule has 4 heteroatoms. The lowest BCUT2D eigenvalue weighted by atomic mass is 10.1. The van der Waals surface area contributed by atoms with Crippen LogP contribution in [-0.4, -0.2) is 36.3 Å². The Morgan fingerprint density at radius 1 is 1.50 bits per heavy atom. The summed E-state index contributed by atoms with van der Waals surface area (Å²) in [4.78, 5) is 22.7. The van der Waals surface area contributed by atoms with Gasteiger partial charge in [-0.1, -0.05) is 0 Å². The van der Waals surface area contributed by atoms with Crippen molar-refractivity contribution in [3.8, 4) is 0 Å². The summed E-state index contributed by atoms with van der Waals surface area (Å²) in [5, 5.41) is 2.60. The second kappa shape index (κ2) is 4.09. The van der Waals surface area contributed by atoms with Gasteiger partial charge in [-0.25, -0.2) is 0 Å². The summed E-state index contributed by atoms with van der Waals surface area (Å²) < 4.78 is 0. The normalized spacial score (nSPS) is 18.9. The number of likely N-dealkylation sites (tertiary alicyclic amines) is 1. The smallest absolute Gasteiger partial charge is 0.309 e. The molecule has 0 atom stereocenters. The van der Waals surface area contributed by atoms with Gasteiger partial charge in [-0.2, -0.15) is 0 Å². The van der Waals surface area contributed by atoms with E-state index in [4.69, 9.17) is 0 Å². The van der Waals surface area contributed by atoms with Crippen LogP contribution in [0.15, 0.2) is 0 Å². The fraction of sp³-hybridized carbons (Fsp3) is 0.750. The number of nitrogens with one attached hydrogen (secondary N) is 1. The number of hydrogen-bond acceptors (Lipinski definition) is 2. The van der Waals surface area contributed by atoms with E-state index in [-0.39, 0.29) is 11.9 Å². The minimum absolute atomic E-state index is 0.114. The first-order valence-electron chi connectivity index (χ1n) is 4.12. The zero-order chi connectivity index (χ0) is 8.97. The highest BCUT2D eigenvalue weighted by Crippen LogP contribution is 2.09. The molecular formula is C8H13N2O2. The Bertz CT molecular complexity index is 174. The molecule has 0 saturated carbocycles. The lowest BCUT2D eigenvalue weighted by molar-refractivity contribution is -0.129. The maximum atomic E-state index is 10.9. The molecule has 2 amide bonds. The van der Waals surface area contributed by atoms with Crippen molar-refractivity contribution in [2.45, 2.75) is 25.8 Å². The number of nitrogens with zero attached hydrogens (tertiary/aromatic N) is 1. The molecule has 1 aliphatic heterocycles. The van der Waals surface area contributed by atoms with E-state index in [0.29, 0.717) is 0 Å². The van der Waals surface area contributed by atoms with Crippen LogP contribution in [-0.2, 0) is 9.59 Å². The average molecular weight is 169 g/mol. The van der Waals surface area contributed by atoms with E-state index in [1.54, 1.807) is 18.2 Å². The van der Waals surface area contributed by atoms with Crippen molar-refractivity contribution >= 4 is 12.3 Å². The van der Waals surface area contributed by atoms with Crippen molar-refractivity contribution in [1.29, 1.82) is 0 Å². The molecule has 0 aromatic heterocycles. The first-order valence-corrected chi connectivity index (χ1v) is 4.12. The average Bonchev–Trinajstić information content (AvgIpc) is 2.06. The molecule has 1 fully saturated rings. The van der Waals surface area contributed by atoms with Crippen molar-refractivity contribution < 1.29 is 9.59 Å². The standard InChI is InChI=1S/C8H13N2O2/c1-7(12)10-4-2-8(3-5-10)9-6-11/h8H,2-5H2,1H3,(H,9,11). The zero-order valence-corrected chi connectivity index (χ0v) is 7.17. The largest absolute Gasteiger partial charge is 0.345 e. The highest BCUT2D eigenvalue weighted by atomic mass is 16.2. The number of piperidine rings is 1. The van der Waals surface area contributed by atoms with Crippen LogP contribution in [0.5, 0.6) is 0 Å². The van der Waals surface area contributed by atoms with E-state index < -0.39 is 0 Å². The fourth-order valence-corrected chi connectivity index (χ4v) is 1.42. The van der Waals surface area contributed by atoms with Gasteiger partial charge in [0.05, 0.1) is 0 Å². The molecule has 1 rings (SSSR count).